The minimum atomic E-state index is 0.584. The summed E-state index contributed by atoms with van der Waals surface area (Å²) in [5.41, 5.74) is 7.97. The summed E-state index contributed by atoms with van der Waals surface area (Å²) >= 11 is 0. The number of nitrogens with two attached hydrogens (primary N) is 1. The first kappa shape index (κ1) is 9.79. The average Bonchev–Trinajstić information content (AvgIpc) is 2.66. The fourth-order valence-corrected chi connectivity index (χ4v) is 1.32. The van der Waals surface area contributed by atoms with Gasteiger partial charge in [-0.25, -0.2) is 0 Å². The fraction of sp³-hybridized carbons (Fsp3) is 0.300. The zero-order chi connectivity index (χ0) is 10.7. The third-order valence-electron chi connectivity index (χ3n) is 2.13. The van der Waals surface area contributed by atoms with Gasteiger partial charge in [0.15, 0.2) is 0 Å². The second-order valence-electron chi connectivity index (χ2n) is 3.23. The average molecular weight is 204 g/mol. The van der Waals surface area contributed by atoms with Crippen molar-refractivity contribution in [2.75, 3.05) is 6.54 Å². The summed E-state index contributed by atoms with van der Waals surface area (Å²) in [6.07, 6.45) is 5.83. The summed E-state index contributed by atoms with van der Waals surface area (Å²) in [6.45, 7) is 2.43. The van der Waals surface area contributed by atoms with Crippen LogP contribution in [0.1, 0.15) is 11.5 Å². The molecule has 78 valence electrons. The molecule has 2 N–H and O–H groups in total. The molecule has 0 saturated carbocycles. The molecular weight excluding hydrogens is 192 g/mol. The van der Waals surface area contributed by atoms with E-state index in [1.165, 1.54) is 0 Å². The molecule has 0 atom stereocenters. The Morgan fingerprint density at radius 2 is 2.13 bits per heavy atom. The van der Waals surface area contributed by atoms with Crippen molar-refractivity contribution in [3.05, 3.63) is 30.0 Å². The van der Waals surface area contributed by atoms with Gasteiger partial charge in [-0.05, 0) is 13.5 Å². The highest BCUT2D eigenvalue weighted by molar-refractivity contribution is 5.58. The van der Waals surface area contributed by atoms with Crippen LogP contribution in [0.25, 0.3) is 11.3 Å². The Morgan fingerprint density at radius 1 is 1.27 bits per heavy atom. The van der Waals surface area contributed by atoms with Gasteiger partial charge >= 0.3 is 0 Å². The fourth-order valence-electron chi connectivity index (χ4n) is 1.32. The molecule has 0 aliphatic heterocycles. The topological polar surface area (TPSA) is 77.8 Å². The Bertz CT molecular complexity index is 435. The second-order valence-corrected chi connectivity index (χ2v) is 3.23. The Labute approximate surface area is 87.3 Å². The lowest BCUT2D eigenvalue weighted by Gasteiger charge is -1.99. The van der Waals surface area contributed by atoms with Crippen LogP contribution in [0.3, 0.4) is 0 Å². The molecule has 0 aliphatic carbocycles. The molecule has 0 aromatic carbocycles. The van der Waals surface area contributed by atoms with E-state index < -0.39 is 0 Å². The molecule has 2 heterocycles. The largest absolute Gasteiger partial charge is 0.361 e. The Hall–Kier alpha value is -1.75. The van der Waals surface area contributed by atoms with Crippen molar-refractivity contribution in [2.24, 2.45) is 5.73 Å². The maximum atomic E-state index is 5.42. The van der Waals surface area contributed by atoms with Crippen LogP contribution in [0.2, 0.25) is 0 Å². The number of hydrogen-bond donors (Lipinski definition) is 1. The second kappa shape index (κ2) is 4.18. The molecule has 0 spiro atoms. The van der Waals surface area contributed by atoms with Crippen molar-refractivity contribution in [3.63, 3.8) is 0 Å². The number of hydrogen-bond acceptors (Lipinski definition) is 5. The van der Waals surface area contributed by atoms with Crippen LogP contribution >= 0.6 is 0 Å². The van der Waals surface area contributed by atoms with Gasteiger partial charge < -0.3 is 10.3 Å². The number of rotatable bonds is 3. The summed E-state index contributed by atoms with van der Waals surface area (Å²) in [5, 5.41) is 3.69. The number of aromatic nitrogens is 3. The normalized spacial score (nSPS) is 10.5. The predicted octanol–water partition coefficient (Wildman–Crippen LogP) is 0.941. The summed E-state index contributed by atoms with van der Waals surface area (Å²) < 4.78 is 4.96. The van der Waals surface area contributed by atoms with Gasteiger partial charge in [0.2, 0.25) is 0 Å². The zero-order valence-electron chi connectivity index (χ0n) is 8.47. The molecular formula is C10H12N4O. The molecule has 2 aromatic heterocycles. The van der Waals surface area contributed by atoms with E-state index in [1.54, 1.807) is 18.6 Å². The van der Waals surface area contributed by atoms with E-state index in [0.29, 0.717) is 6.54 Å². The first-order valence-corrected chi connectivity index (χ1v) is 4.74. The van der Waals surface area contributed by atoms with Gasteiger partial charge in [-0.1, -0.05) is 5.16 Å². The zero-order valence-corrected chi connectivity index (χ0v) is 8.47. The minimum Gasteiger partial charge on any atom is -0.361 e. The lowest BCUT2D eigenvalue weighted by Crippen LogP contribution is -2.04. The minimum absolute atomic E-state index is 0.584. The Balaban J connectivity index is 2.28. The molecule has 0 saturated heterocycles. The van der Waals surface area contributed by atoms with E-state index in [4.69, 9.17) is 10.3 Å². The monoisotopic (exact) mass is 204 g/mol. The molecule has 5 heteroatoms. The van der Waals surface area contributed by atoms with E-state index in [2.05, 4.69) is 15.1 Å². The SMILES string of the molecule is Cc1oncc1-c1cnc(CCN)cn1. The van der Waals surface area contributed by atoms with Gasteiger partial charge in [0.25, 0.3) is 0 Å². The van der Waals surface area contributed by atoms with Crippen LogP contribution in [-0.4, -0.2) is 21.7 Å². The summed E-state index contributed by atoms with van der Waals surface area (Å²) in [5.74, 6) is 0.746. The van der Waals surface area contributed by atoms with E-state index in [-0.39, 0.29) is 0 Å². The van der Waals surface area contributed by atoms with Crippen molar-refractivity contribution in [3.8, 4) is 11.3 Å². The van der Waals surface area contributed by atoms with Crippen molar-refractivity contribution in [1.29, 1.82) is 0 Å². The molecule has 2 aromatic rings. The van der Waals surface area contributed by atoms with Gasteiger partial charge in [-0.2, -0.15) is 0 Å². The maximum absolute atomic E-state index is 5.42. The van der Waals surface area contributed by atoms with E-state index in [9.17, 15) is 0 Å². The molecule has 0 fully saturated rings. The third kappa shape index (κ3) is 2.02. The molecule has 0 amide bonds. The van der Waals surface area contributed by atoms with Gasteiger partial charge in [0, 0.05) is 12.6 Å². The molecule has 15 heavy (non-hydrogen) atoms. The van der Waals surface area contributed by atoms with E-state index in [1.807, 2.05) is 6.92 Å². The lowest BCUT2D eigenvalue weighted by molar-refractivity contribution is 0.398. The van der Waals surface area contributed by atoms with Gasteiger partial charge in [0.1, 0.15) is 5.76 Å². The molecule has 0 bridgehead atoms. The highest BCUT2D eigenvalue weighted by Crippen LogP contribution is 2.19. The molecule has 5 nitrogen and oxygen atoms in total. The molecule has 0 radical (unpaired) electrons. The van der Waals surface area contributed by atoms with Gasteiger partial charge in [-0.3, -0.25) is 9.97 Å². The van der Waals surface area contributed by atoms with Crippen LogP contribution in [-0.2, 0) is 6.42 Å². The maximum Gasteiger partial charge on any atom is 0.143 e. The van der Waals surface area contributed by atoms with Crippen LogP contribution in [0, 0.1) is 6.92 Å². The van der Waals surface area contributed by atoms with Crippen LogP contribution in [0.4, 0.5) is 0 Å². The highest BCUT2D eigenvalue weighted by atomic mass is 16.5. The predicted molar refractivity (Wildman–Crippen MR) is 55.0 cm³/mol. The Morgan fingerprint density at radius 3 is 2.67 bits per heavy atom. The lowest BCUT2D eigenvalue weighted by atomic mass is 10.2. The van der Waals surface area contributed by atoms with Crippen molar-refractivity contribution < 1.29 is 4.52 Å². The van der Waals surface area contributed by atoms with Crippen molar-refractivity contribution in [2.45, 2.75) is 13.3 Å². The van der Waals surface area contributed by atoms with Crippen LogP contribution in [0.5, 0.6) is 0 Å². The van der Waals surface area contributed by atoms with E-state index >= 15 is 0 Å². The standard InChI is InChI=1S/C10H12N4O/c1-7-9(5-14-15-7)10-6-12-8(2-3-11)4-13-10/h4-6H,2-3,11H2,1H3. The van der Waals surface area contributed by atoms with Crippen LogP contribution in [0.15, 0.2) is 23.1 Å². The Kier molecular flexibility index (Phi) is 2.73. The molecule has 2 rings (SSSR count). The van der Waals surface area contributed by atoms with Gasteiger partial charge in [0.05, 0.1) is 29.3 Å². The van der Waals surface area contributed by atoms with Crippen molar-refractivity contribution >= 4 is 0 Å². The summed E-state index contributed by atoms with van der Waals surface area (Å²) in [7, 11) is 0. The summed E-state index contributed by atoms with van der Waals surface area (Å²) in [4.78, 5) is 8.54. The molecule has 0 unspecified atom stereocenters. The summed E-state index contributed by atoms with van der Waals surface area (Å²) in [6, 6.07) is 0. The van der Waals surface area contributed by atoms with E-state index in [0.717, 1.165) is 29.1 Å². The van der Waals surface area contributed by atoms with Crippen molar-refractivity contribution in [1.82, 2.24) is 15.1 Å². The quantitative estimate of drug-likeness (QED) is 0.805. The number of nitrogens with zero attached hydrogens (tertiary/aromatic N) is 3. The molecule has 0 aliphatic rings. The third-order valence-corrected chi connectivity index (χ3v) is 2.13. The highest BCUT2D eigenvalue weighted by Gasteiger charge is 2.07. The number of aryl methyl sites for hydroxylation is 1. The van der Waals surface area contributed by atoms with Crippen LogP contribution < -0.4 is 5.73 Å². The smallest absolute Gasteiger partial charge is 0.143 e. The first-order chi connectivity index (χ1) is 7.31. The van der Waals surface area contributed by atoms with Gasteiger partial charge in [-0.15, -0.1) is 0 Å². The first-order valence-electron chi connectivity index (χ1n) is 4.74.